The Balaban J connectivity index is 2.90. The van der Waals surface area contributed by atoms with Gasteiger partial charge in [-0.25, -0.2) is 0 Å². The first-order chi connectivity index (χ1) is 7.17. The number of methoxy groups -OCH3 is 1. The largest absolute Gasteiger partial charge is 0.497 e. The lowest BCUT2D eigenvalue weighted by atomic mass is 10.2. The third-order valence-corrected chi connectivity index (χ3v) is 1.72. The lowest BCUT2D eigenvalue weighted by Gasteiger charge is -2.08. The number of ether oxygens (including phenoxy) is 2. The number of primary amides is 1. The molecule has 5 heteroatoms. The molecule has 1 amide bonds. The van der Waals surface area contributed by atoms with Crippen LogP contribution in [0.2, 0.25) is 0 Å². The summed E-state index contributed by atoms with van der Waals surface area (Å²) in [5.41, 5.74) is 5.26. The van der Waals surface area contributed by atoms with Gasteiger partial charge in [0.2, 0.25) is 0 Å². The number of benzene rings is 1. The fraction of sp³-hybridized carbons (Fsp3) is 0.200. The fourth-order valence-electron chi connectivity index (χ4n) is 1.01. The Morgan fingerprint density at radius 3 is 2.80 bits per heavy atom. The summed E-state index contributed by atoms with van der Waals surface area (Å²) >= 11 is 0. The van der Waals surface area contributed by atoms with Crippen LogP contribution in [0, 0.1) is 0 Å². The molecule has 0 saturated carbocycles. The van der Waals surface area contributed by atoms with Crippen molar-refractivity contribution in [1.29, 1.82) is 0 Å². The van der Waals surface area contributed by atoms with Gasteiger partial charge in [0.25, 0.3) is 5.91 Å². The number of nitrogens with two attached hydrogens (primary N) is 1. The van der Waals surface area contributed by atoms with Crippen LogP contribution in [0.3, 0.4) is 0 Å². The molecule has 5 nitrogen and oxygen atoms in total. The van der Waals surface area contributed by atoms with Crippen molar-refractivity contribution in [1.82, 2.24) is 0 Å². The zero-order valence-corrected chi connectivity index (χ0v) is 8.23. The van der Waals surface area contributed by atoms with Crippen LogP contribution < -0.4 is 15.2 Å². The van der Waals surface area contributed by atoms with Crippen molar-refractivity contribution < 1.29 is 19.1 Å². The number of carbonyl (C=O) groups excluding carboxylic acids is 2. The van der Waals surface area contributed by atoms with E-state index in [9.17, 15) is 9.59 Å². The van der Waals surface area contributed by atoms with E-state index >= 15 is 0 Å². The van der Waals surface area contributed by atoms with E-state index in [0.29, 0.717) is 17.6 Å². The second-order valence-electron chi connectivity index (χ2n) is 2.78. The fourth-order valence-corrected chi connectivity index (χ4v) is 1.01. The van der Waals surface area contributed by atoms with Gasteiger partial charge in [-0.1, -0.05) is 0 Å². The van der Waals surface area contributed by atoms with Gasteiger partial charge in [0, 0.05) is 6.07 Å². The van der Waals surface area contributed by atoms with E-state index in [-0.39, 0.29) is 12.4 Å². The molecule has 0 aromatic heterocycles. The topological polar surface area (TPSA) is 78.6 Å². The summed E-state index contributed by atoms with van der Waals surface area (Å²) in [5, 5.41) is 0. The summed E-state index contributed by atoms with van der Waals surface area (Å²) < 4.78 is 10.00. The Morgan fingerprint density at radius 2 is 2.27 bits per heavy atom. The minimum atomic E-state index is -0.602. The SMILES string of the molecule is COc1ccc(C=O)c(OCC(N)=O)c1. The lowest BCUT2D eigenvalue weighted by Crippen LogP contribution is -2.20. The summed E-state index contributed by atoms with van der Waals surface area (Å²) in [6, 6.07) is 4.69. The van der Waals surface area contributed by atoms with Gasteiger partial charge in [-0.2, -0.15) is 0 Å². The first-order valence-corrected chi connectivity index (χ1v) is 4.21. The summed E-state index contributed by atoms with van der Waals surface area (Å²) in [5.74, 6) is 0.220. The standard InChI is InChI=1S/C10H11NO4/c1-14-8-3-2-7(5-12)9(4-8)15-6-10(11)13/h2-5H,6H2,1H3,(H2,11,13). The van der Waals surface area contributed by atoms with Crippen molar-refractivity contribution in [2.75, 3.05) is 13.7 Å². The van der Waals surface area contributed by atoms with E-state index in [2.05, 4.69) is 0 Å². The van der Waals surface area contributed by atoms with Crippen LogP contribution in [0.4, 0.5) is 0 Å². The van der Waals surface area contributed by atoms with E-state index < -0.39 is 5.91 Å². The molecule has 0 saturated heterocycles. The predicted molar refractivity (Wildman–Crippen MR) is 53.1 cm³/mol. The van der Waals surface area contributed by atoms with Gasteiger partial charge in [-0.15, -0.1) is 0 Å². The molecule has 0 bridgehead atoms. The van der Waals surface area contributed by atoms with E-state index in [1.165, 1.54) is 13.2 Å². The second kappa shape index (κ2) is 4.99. The number of rotatable bonds is 5. The Bertz CT molecular complexity index is 376. The van der Waals surface area contributed by atoms with Gasteiger partial charge in [-0.3, -0.25) is 9.59 Å². The quantitative estimate of drug-likeness (QED) is 0.710. The molecule has 1 rings (SSSR count). The maximum absolute atomic E-state index is 10.6. The maximum atomic E-state index is 10.6. The molecule has 0 aliphatic carbocycles. The van der Waals surface area contributed by atoms with Crippen LogP contribution in [0.25, 0.3) is 0 Å². The van der Waals surface area contributed by atoms with Gasteiger partial charge in [0.05, 0.1) is 12.7 Å². The van der Waals surface area contributed by atoms with Crippen molar-refractivity contribution in [2.24, 2.45) is 5.73 Å². The van der Waals surface area contributed by atoms with Gasteiger partial charge < -0.3 is 15.2 Å². The molecule has 0 unspecified atom stereocenters. The van der Waals surface area contributed by atoms with Crippen molar-refractivity contribution >= 4 is 12.2 Å². The van der Waals surface area contributed by atoms with E-state index in [1.807, 2.05) is 0 Å². The first kappa shape index (κ1) is 11.0. The Kier molecular flexibility index (Phi) is 3.68. The molecule has 0 spiro atoms. The molecule has 2 N–H and O–H groups in total. The van der Waals surface area contributed by atoms with Gasteiger partial charge in [-0.05, 0) is 12.1 Å². The average molecular weight is 209 g/mol. The van der Waals surface area contributed by atoms with Crippen LogP contribution in [-0.4, -0.2) is 25.9 Å². The maximum Gasteiger partial charge on any atom is 0.255 e. The smallest absolute Gasteiger partial charge is 0.255 e. The molecule has 0 heterocycles. The molecule has 0 fully saturated rings. The zero-order valence-electron chi connectivity index (χ0n) is 8.23. The van der Waals surface area contributed by atoms with Gasteiger partial charge in [0.15, 0.2) is 12.9 Å². The summed E-state index contributed by atoms with van der Waals surface area (Å²) in [6.07, 6.45) is 0.635. The second-order valence-corrected chi connectivity index (χ2v) is 2.78. The van der Waals surface area contributed by atoms with Crippen LogP contribution >= 0.6 is 0 Å². The van der Waals surface area contributed by atoms with Crippen molar-refractivity contribution in [2.45, 2.75) is 0 Å². The minimum Gasteiger partial charge on any atom is -0.497 e. The third-order valence-electron chi connectivity index (χ3n) is 1.72. The highest BCUT2D eigenvalue weighted by Gasteiger charge is 2.06. The number of amides is 1. The molecule has 0 aliphatic heterocycles. The molecule has 1 aromatic carbocycles. The summed E-state index contributed by atoms with van der Waals surface area (Å²) in [4.78, 5) is 21.1. The lowest BCUT2D eigenvalue weighted by molar-refractivity contribution is -0.119. The predicted octanol–water partition coefficient (Wildman–Crippen LogP) is 0.372. The van der Waals surface area contributed by atoms with Crippen molar-refractivity contribution in [3.05, 3.63) is 23.8 Å². The highest BCUT2D eigenvalue weighted by Crippen LogP contribution is 2.23. The van der Waals surface area contributed by atoms with Gasteiger partial charge >= 0.3 is 0 Å². The molecule has 1 aromatic rings. The van der Waals surface area contributed by atoms with E-state index in [1.54, 1.807) is 12.1 Å². The molecular weight excluding hydrogens is 198 g/mol. The van der Waals surface area contributed by atoms with Crippen LogP contribution in [0.1, 0.15) is 10.4 Å². The number of carbonyl (C=O) groups is 2. The van der Waals surface area contributed by atoms with Crippen LogP contribution in [0.5, 0.6) is 11.5 Å². The molecular formula is C10H11NO4. The van der Waals surface area contributed by atoms with E-state index in [4.69, 9.17) is 15.2 Å². The summed E-state index contributed by atoms with van der Waals surface area (Å²) in [7, 11) is 1.49. The highest BCUT2D eigenvalue weighted by molar-refractivity contribution is 5.80. The Hall–Kier alpha value is -2.04. The Labute approximate surface area is 86.8 Å². The summed E-state index contributed by atoms with van der Waals surface area (Å²) in [6.45, 7) is -0.270. The molecule has 80 valence electrons. The van der Waals surface area contributed by atoms with Crippen LogP contribution in [-0.2, 0) is 4.79 Å². The van der Waals surface area contributed by atoms with Crippen molar-refractivity contribution in [3.63, 3.8) is 0 Å². The number of hydrogen-bond donors (Lipinski definition) is 1. The van der Waals surface area contributed by atoms with Gasteiger partial charge in [0.1, 0.15) is 11.5 Å². The monoisotopic (exact) mass is 209 g/mol. The molecule has 0 radical (unpaired) electrons. The molecule has 15 heavy (non-hydrogen) atoms. The first-order valence-electron chi connectivity index (χ1n) is 4.21. The Morgan fingerprint density at radius 1 is 1.53 bits per heavy atom. The normalized spacial score (nSPS) is 9.40. The van der Waals surface area contributed by atoms with Crippen LogP contribution in [0.15, 0.2) is 18.2 Å². The van der Waals surface area contributed by atoms with Crippen molar-refractivity contribution in [3.8, 4) is 11.5 Å². The number of hydrogen-bond acceptors (Lipinski definition) is 4. The molecule has 0 aliphatic rings. The number of aldehydes is 1. The van der Waals surface area contributed by atoms with E-state index in [0.717, 1.165) is 0 Å². The zero-order chi connectivity index (χ0) is 11.3. The average Bonchev–Trinajstić information content (AvgIpc) is 2.25. The highest BCUT2D eigenvalue weighted by atomic mass is 16.5. The molecule has 0 atom stereocenters. The third kappa shape index (κ3) is 2.98. The minimum absolute atomic E-state index is 0.270.